The largest absolute Gasteiger partial charge is 0.479 e. The first-order valence-corrected chi connectivity index (χ1v) is 7.55. The summed E-state index contributed by atoms with van der Waals surface area (Å²) in [6, 6.07) is 0.106. The minimum Gasteiger partial charge on any atom is -0.479 e. The number of carboxylic acids is 1. The first kappa shape index (κ1) is 16.2. The number of carbonyl (C=O) groups is 2. The number of hydrogen-bond donors (Lipinski definition) is 1. The maximum absolute atomic E-state index is 12.5. The maximum Gasteiger partial charge on any atom is 0.332 e. The molecule has 0 radical (unpaired) electrons. The van der Waals surface area contributed by atoms with E-state index in [1.807, 2.05) is 6.92 Å². The summed E-state index contributed by atoms with van der Waals surface area (Å²) in [5.74, 6) is -1.11. The molecule has 21 heavy (non-hydrogen) atoms. The Morgan fingerprint density at radius 1 is 1.33 bits per heavy atom. The molecule has 0 bridgehead atoms. The second-order valence-electron chi connectivity index (χ2n) is 6.49. The van der Waals surface area contributed by atoms with Gasteiger partial charge >= 0.3 is 5.97 Å². The third-order valence-electron chi connectivity index (χ3n) is 4.88. The van der Waals surface area contributed by atoms with Crippen LogP contribution in [0.2, 0.25) is 0 Å². The van der Waals surface area contributed by atoms with Crippen molar-refractivity contribution in [2.24, 2.45) is 5.41 Å². The summed E-state index contributed by atoms with van der Waals surface area (Å²) in [5, 5.41) is 8.93. The second kappa shape index (κ2) is 5.93. The molecule has 6 heteroatoms. The van der Waals surface area contributed by atoms with Crippen LogP contribution in [-0.4, -0.2) is 59.9 Å². The van der Waals surface area contributed by atoms with E-state index in [9.17, 15) is 9.59 Å². The molecule has 0 spiro atoms. The Morgan fingerprint density at radius 2 is 1.95 bits per heavy atom. The lowest BCUT2D eigenvalue weighted by molar-refractivity contribution is -0.172. The summed E-state index contributed by atoms with van der Waals surface area (Å²) in [6.07, 6.45) is 0.380. The van der Waals surface area contributed by atoms with E-state index in [4.69, 9.17) is 14.6 Å². The van der Waals surface area contributed by atoms with Crippen molar-refractivity contribution in [3.05, 3.63) is 0 Å². The summed E-state index contributed by atoms with van der Waals surface area (Å²) < 4.78 is 11.0. The van der Waals surface area contributed by atoms with Crippen LogP contribution in [0.1, 0.15) is 40.0 Å². The highest BCUT2D eigenvalue weighted by Crippen LogP contribution is 2.45. The van der Waals surface area contributed by atoms with Crippen LogP contribution >= 0.6 is 0 Å². The molecule has 1 heterocycles. The number of hydrogen-bond acceptors (Lipinski definition) is 4. The van der Waals surface area contributed by atoms with Crippen molar-refractivity contribution in [3.63, 3.8) is 0 Å². The highest BCUT2D eigenvalue weighted by Gasteiger charge is 2.52. The molecule has 1 N–H and O–H groups in total. The quantitative estimate of drug-likeness (QED) is 0.827. The summed E-state index contributed by atoms with van der Waals surface area (Å²) in [6.45, 7) is 6.84. The molecule has 2 fully saturated rings. The zero-order chi connectivity index (χ0) is 15.8. The monoisotopic (exact) mass is 299 g/mol. The molecule has 1 aliphatic heterocycles. The number of amides is 1. The van der Waals surface area contributed by atoms with Gasteiger partial charge in [0.25, 0.3) is 5.91 Å². The van der Waals surface area contributed by atoms with Gasteiger partial charge < -0.3 is 19.5 Å². The van der Waals surface area contributed by atoms with Gasteiger partial charge in [0.05, 0.1) is 6.10 Å². The molecule has 0 aromatic rings. The molecule has 1 amide bonds. The predicted molar refractivity (Wildman–Crippen MR) is 75.9 cm³/mol. The summed E-state index contributed by atoms with van der Waals surface area (Å²) in [4.78, 5) is 25.1. The smallest absolute Gasteiger partial charge is 0.332 e. The normalized spacial score (nSPS) is 34.3. The van der Waals surface area contributed by atoms with Crippen molar-refractivity contribution in [1.82, 2.24) is 4.90 Å². The minimum absolute atomic E-state index is 0.0920. The van der Waals surface area contributed by atoms with Crippen LogP contribution in [0.4, 0.5) is 0 Å². The lowest BCUT2D eigenvalue weighted by atomic mass is 9.63. The fourth-order valence-corrected chi connectivity index (χ4v) is 3.39. The average Bonchev–Trinajstić information content (AvgIpc) is 2.91. The second-order valence-corrected chi connectivity index (χ2v) is 6.49. The van der Waals surface area contributed by atoms with Crippen LogP contribution in [0.15, 0.2) is 0 Å². The van der Waals surface area contributed by atoms with Crippen molar-refractivity contribution < 1.29 is 24.2 Å². The fourth-order valence-electron chi connectivity index (χ4n) is 3.39. The molecular formula is C15H25NO5. The Morgan fingerprint density at radius 3 is 2.43 bits per heavy atom. The van der Waals surface area contributed by atoms with Crippen molar-refractivity contribution in [2.75, 3.05) is 13.7 Å². The number of rotatable bonds is 5. The predicted octanol–water partition coefficient (Wildman–Crippen LogP) is 1.28. The third kappa shape index (κ3) is 2.92. The SMILES string of the molecule is CCOC1CC(N(C)C(=O)[C@@H]2CC[C@H](C(=O)O)O2)C1(C)C. The Hall–Kier alpha value is -1.14. The number of ether oxygens (including phenoxy) is 2. The molecule has 2 unspecified atom stereocenters. The first-order valence-electron chi connectivity index (χ1n) is 7.55. The zero-order valence-corrected chi connectivity index (χ0v) is 13.2. The Kier molecular flexibility index (Phi) is 4.58. The van der Waals surface area contributed by atoms with Crippen LogP contribution in [-0.2, 0) is 19.1 Å². The molecule has 2 rings (SSSR count). The van der Waals surface area contributed by atoms with Gasteiger partial charge in [0.1, 0.15) is 6.10 Å². The molecule has 4 atom stereocenters. The first-order chi connectivity index (χ1) is 9.78. The van der Waals surface area contributed by atoms with Gasteiger partial charge in [-0.05, 0) is 26.2 Å². The van der Waals surface area contributed by atoms with Gasteiger partial charge in [-0.1, -0.05) is 13.8 Å². The zero-order valence-electron chi connectivity index (χ0n) is 13.2. The molecular weight excluding hydrogens is 274 g/mol. The van der Waals surface area contributed by atoms with E-state index in [2.05, 4.69) is 13.8 Å². The van der Waals surface area contributed by atoms with Gasteiger partial charge in [-0.3, -0.25) is 4.79 Å². The van der Waals surface area contributed by atoms with Gasteiger partial charge in [0.2, 0.25) is 0 Å². The van der Waals surface area contributed by atoms with Crippen LogP contribution in [0, 0.1) is 5.41 Å². The number of likely N-dealkylation sites (N-methyl/N-ethyl adjacent to an activating group) is 1. The van der Waals surface area contributed by atoms with Gasteiger partial charge in [0.15, 0.2) is 6.10 Å². The molecule has 6 nitrogen and oxygen atoms in total. The van der Waals surface area contributed by atoms with Crippen LogP contribution in [0.3, 0.4) is 0 Å². The fraction of sp³-hybridized carbons (Fsp3) is 0.867. The molecule has 1 saturated carbocycles. The van der Waals surface area contributed by atoms with E-state index in [1.165, 1.54) is 0 Å². The van der Waals surface area contributed by atoms with E-state index in [0.29, 0.717) is 19.4 Å². The molecule has 1 saturated heterocycles. The molecule has 0 aromatic carbocycles. The Bertz CT molecular complexity index is 422. The van der Waals surface area contributed by atoms with Gasteiger partial charge in [-0.25, -0.2) is 4.79 Å². The molecule has 1 aliphatic carbocycles. The number of carboxylic acid groups (broad SMARTS) is 1. The highest BCUT2D eigenvalue weighted by molar-refractivity contribution is 5.83. The minimum atomic E-state index is -0.992. The van der Waals surface area contributed by atoms with Crippen molar-refractivity contribution in [3.8, 4) is 0 Å². The summed E-state index contributed by atoms with van der Waals surface area (Å²) in [5.41, 5.74) is -0.0920. The van der Waals surface area contributed by atoms with E-state index in [0.717, 1.165) is 6.42 Å². The van der Waals surface area contributed by atoms with Crippen molar-refractivity contribution in [2.45, 2.75) is 64.4 Å². The Balaban J connectivity index is 1.94. The van der Waals surface area contributed by atoms with Gasteiger partial charge in [-0.2, -0.15) is 0 Å². The third-order valence-corrected chi connectivity index (χ3v) is 4.88. The average molecular weight is 299 g/mol. The van der Waals surface area contributed by atoms with E-state index in [1.54, 1.807) is 11.9 Å². The number of carbonyl (C=O) groups excluding carboxylic acids is 1. The van der Waals surface area contributed by atoms with Crippen LogP contribution in [0.25, 0.3) is 0 Å². The Labute approximate surface area is 125 Å². The summed E-state index contributed by atoms with van der Waals surface area (Å²) in [7, 11) is 1.77. The van der Waals surface area contributed by atoms with Crippen LogP contribution in [0.5, 0.6) is 0 Å². The number of nitrogens with zero attached hydrogens (tertiary/aromatic N) is 1. The lowest BCUT2D eigenvalue weighted by Crippen LogP contribution is -2.63. The van der Waals surface area contributed by atoms with E-state index < -0.39 is 18.2 Å². The van der Waals surface area contributed by atoms with Gasteiger partial charge in [-0.15, -0.1) is 0 Å². The van der Waals surface area contributed by atoms with E-state index >= 15 is 0 Å². The van der Waals surface area contributed by atoms with Gasteiger partial charge in [0, 0.05) is 25.1 Å². The lowest BCUT2D eigenvalue weighted by Gasteiger charge is -2.55. The maximum atomic E-state index is 12.5. The van der Waals surface area contributed by atoms with Crippen molar-refractivity contribution in [1.29, 1.82) is 0 Å². The molecule has 2 aliphatic rings. The number of aliphatic carboxylic acids is 1. The standard InChI is InChI=1S/C15H25NO5/c1-5-20-12-8-11(15(12,2)3)16(4)13(17)9-6-7-10(21-9)14(18)19/h9-12H,5-8H2,1-4H3,(H,18,19)/t9-,10+,11?,12?/m0/s1. The topological polar surface area (TPSA) is 76.1 Å². The molecule has 0 aromatic heterocycles. The van der Waals surface area contributed by atoms with E-state index in [-0.39, 0.29) is 23.5 Å². The molecule has 120 valence electrons. The summed E-state index contributed by atoms with van der Waals surface area (Å²) >= 11 is 0. The van der Waals surface area contributed by atoms with Crippen molar-refractivity contribution >= 4 is 11.9 Å². The van der Waals surface area contributed by atoms with Crippen LogP contribution < -0.4 is 0 Å². The highest BCUT2D eigenvalue weighted by atomic mass is 16.5.